The molecule has 1 aliphatic rings. The molecule has 36 heavy (non-hydrogen) atoms. The highest BCUT2D eigenvalue weighted by atomic mass is 35.5. The third kappa shape index (κ3) is 4.10. The van der Waals surface area contributed by atoms with E-state index in [1.807, 2.05) is 19.1 Å². The van der Waals surface area contributed by atoms with Gasteiger partial charge >= 0.3 is 6.29 Å². The molecule has 1 atom stereocenters. The zero-order chi connectivity index (χ0) is 25.8. The molecule has 0 N–H and O–H groups in total. The van der Waals surface area contributed by atoms with Crippen molar-refractivity contribution in [3.63, 3.8) is 0 Å². The minimum Gasteiger partial charge on any atom is -0.483 e. The van der Waals surface area contributed by atoms with Gasteiger partial charge in [0.05, 0.1) is 5.39 Å². The summed E-state index contributed by atoms with van der Waals surface area (Å²) >= 11 is 5.88. The van der Waals surface area contributed by atoms with Gasteiger partial charge < -0.3 is 18.6 Å². The van der Waals surface area contributed by atoms with Crippen LogP contribution in [0.15, 0.2) is 51.7 Å². The number of nitriles is 1. The molecule has 0 bridgehead atoms. The smallest absolute Gasteiger partial charge is 0.483 e. The number of hydrogen-bond donors (Lipinski definition) is 0. The van der Waals surface area contributed by atoms with Gasteiger partial charge in [-0.25, -0.2) is 4.98 Å². The highest BCUT2D eigenvalue weighted by molar-refractivity contribution is 6.29. The molecular weight excluding hydrogens is 494 g/mol. The van der Waals surface area contributed by atoms with E-state index in [-0.39, 0.29) is 44.9 Å². The molecule has 2 aromatic heterocycles. The maximum atomic E-state index is 13.5. The highest BCUT2D eigenvalue weighted by Gasteiger charge is 2.43. The van der Waals surface area contributed by atoms with Gasteiger partial charge in [-0.15, -0.1) is 8.78 Å². The molecule has 0 unspecified atom stereocenters. The summed E-state index contributed by atoms with van der Waals surface area (Å²) in [5, 5.41) is 9.88. The lowest BCUT2D eigenvalue weighted by molar-refractivity contribution is -0.286. The molecule has 3 heterocycles. The average molecular weight is 511 g/mol. The van der Waals surface area contributed by atoms with Gasteiger partial charge in [-0.05, 0) is 68.8 Å². The maximum absolute atomic E-state index is 13.5. The topological polar surface area (TPSA) is 94.6 Å². The number of benzene rings is 2. The Morgan fingerprint density at radius 1 is 1.11 bits per heavy atom. The van der Waals surface area contributed by atoms with Crippen molar-refractivity contribution in [1.82, 2.24) is 4.98 Å². The number of nitrogens with zero attached hydrogens (tertiary/aromatic N) is 2. The van der Waals surface area contributed by atoms with Crippen molar-refractivity contribution < 1.29 is 27.4 Å². The van der Waals surface area contributed by atoms with Crippen LogP contribution in [0.5, 0.6) is 17.2 Å². The van der Waals surface area contributed by atoms with Gasteiger partial charge in [0.1, 0.15) is 28.7 Å². The Bertz CT molecular complexity index is 1640. The molecule has 4 aromatic rings. The Hall–Kier alpha value is -4.16. The largest absolute Gasteiger partial charge is 0.586 e. The Balaban J connectivity index is 1.64. The molecule has 2 aromatic carbocycles. The predicted molar refractivity (Wildman–Crippen MR) is 127 cm³/mol. The highest BCUT2D eigenvalue weighted by Crippen LogP contribution is 2.43. The van der Waals surface area contributed by atoms with Crippen molar-refractivity contribution in [3.8, 4) is 34.6 Å². The number of halogens is 3. The second-order valence-corrected chi connectivity index (χ2v) is 8.69. The van der Waals surface area contributed by atoms with Crippen molar-refractivity contribution in [2.24, 2.45) is 0 Å². The second-order valence-electron chi connectivity index (χ2n) is 8.30. The number of ether oxygens (including phenoxy) is 3. The van der Waals surface area contributed by atoms with Crippen LogP contribution in [0.2, 0.25) is 5.15 Å². The summed E-state index contributed by atoms with van der Waals surface area (Å²) < 4.78 is 48.2. The van der Waals surface area contributed by atoms with Crippen molar-refractivity contribution in [2.45, 2.75) is 33.2 Å². The van der Waals surface area contributed by atoms with Gasteiger partial charge in [0.15, 0.2) is 28.4 Å². The minimum atomic E-state index is -3.77. The van der Waals surface area contributed by atoms with Crippen LogP contribution in [0.4, 0.5) is 8.78 Å². The zero-order valence-corrected chi connectivity index (χ0v) is 19.9. The molecule has 0 amide bonds. The van der Waals surface area contributed by atoms with Crippen molar-refractivity contribution in [2.75, 3.05) is 0 Å². The molecule has 0 saturated heterocycles. The van der Waals surface area contributed by atoms with Crippen LogP contribution < -0.4 is 19.6 Å². The molecule has 0 spiro atoms. The molecule has 182 valence electrons. The van der Waals surface area contributed by atoms with Gasteiger partial charge in [0.2, 0.25) is 0 Å². The fourth-order valence-electron chi connectivity index (χ4n) is 4.09. The monoisotopic (exact) mass is 510 g/mol. The summed E-state index contributed by atoms with van der Waals surface area (Å²) in [7, 11) is 0. The first kappa shape index (κ1) is 23.6. The summed E-state index contributed by atoms with van der Waals surface area (Å²) in [6.45, 7) is 5.17. The second kappa shape index (κ2) is 8.50. The standard InChI is InChI=1S/C26H17ClF2N2O5/c1-12-8-16(14(3)33-19-6-7-22(27)31-18(19)11-30)25-17(9-12)23(32)13(2)24(34-25)15-4-5-20-21(10-15)36-26(28,29)35-20/h4-10,14H,1-3H3/t14-/m1/s1. The SMILES string of the molecule is Cc1cc([C@@H](C)Oc2ccc(Cl)nc2C#N)c2oc(-c3ccc4c(c3)OC(F)(F)O4)c(C)c(=O)c2c1. The number of aromatic nitrogens is 1. The normalized spacial score (nSPS) is 14.5. The van der Waals surface area contributed by atoms with Crippen LogP contribution in [0.25, 0.3) is 22.3 Å². The Labute approximate surface area is 208 Å². The molecule has 7 nitrogen and oxygen atoms in total. The molecule has 0 aliphatic carbocycles. The van der Waals surface area contributed by atoms with Crippen LogP contribution in [-0.4, -0.2) is 11.3 Å². The first-order valence-corrected chi connectivity index (χ1v) is 11.2. The lowest BCUT2D eigenvalue weighted by Crippen LogP contribution is -2.25. The Morgan fingerprint density at radius 3 is 2.61 bits per heavy atom. The fourth-order valence-corrected chi connectivity index (χ4v) is 4.23. The quantitative estimate of drug-likeness (QED) is 0.291. The van der Waals surface area contributed by atoms with Gasteiger partial charge in [0, 0.05) is 16.7 Å². The third-order valence-electron chi connectivity index (χ3n) is 5.73. The van der Waals surface area contributed by atoms with E-state index in [2.05, 4.69) is 14.5 Å². The lowest BCUT2D eigenvalue weighted by atomic mass is 10.00. The Kier molecular flexibility index (Phi) is 5.57. The van der Waals surface area contributed by atoms with Crippen molar-refractivity contribution in [1.29, 1.82) is 5.26 Å². The summed E-state index contributed by atoms with van der Waals surface area (Å²) in [5.41, 5.74) is 2.01. The van der Waals surface area contributed by atoms with E-state index >= 15 is 0 Å². The zero-order valence-electron chi connectivity index (χ0n) is 19.2. The summed E-state index contributed by atoms with van der Waals surface area (Å²) in [5.74, 6) is 0.125. The fraction of sp³-hybridized carbons (Fsp3) is 0.192. The van der Waals surface area contributed by atoms with E-state index in [1.165, 1.54) is 30.3 Å². The summed E-state index contributed by atoms with van der Waals surface area (Å²) in [4.78, 5) is 17.3. The minimum absolute atomic E-state index is 0.0152. The van der Waals surface area contributed by atoms with E-state index in [9.17, 15) is 18.8 Å². The maximum Gasteiger partial charge on any atom is 0.586 e. The molecule has 1 aliphatic heterocycles. The molecule has 0 fully saturated rings. The average Bonchev–Trinajstić information content (AvgIpc) is 3.15. The number of hydrogen-bond acceptors (Lipinski definition) is 7. The van der Waals surface area contributed by atoms with E-state index in [0.29, 0.717) is 22.1 Å². The molecule has 0 saturated carbocycles. The van der Waals surface area contributed by atoms with E-state index in [0.717, 1.165) is 5.56 Å². The number of pyridine rings is 1. The van der Waals surface area contributed by atoms with Gasteiger partial charge in [0.25, 0.3) is 0 Å². The number of rotatable bonds is 4. The molecule has 10 heteroatoms. The van der Waals surface area contributed by atoms with Crippen molar-refractivity contribution >= 4 is 22.6 Å². The number of fused-ring (bicyclic) bond motifs is 2. The molecule has 0 radical (unpaired) electrons. The van der Waals surface area contributed by atoms with Gasteiger partial charge in [-0.2, -0.15) is 5.26 Å². The van der Waals surface area contributed by atoms with Crippen LogP contribution in [0, 0.1) is 25.2 Å². The first-order valence-electron chi connectivity index (χ1n) is 10.8. The third-order valence-corrected chi connectivity index (χ3v) is 5.94. The molecular formula is C26H17ClF2N2O5. The van der Waals surface area contributed by atoms with Crippen molar-refractivity contribution in [3.05, 3.63) is 80.2 Å². The van der Waals surface area contributed by atoms with Gasteiger partial charge in [-0.3, -0.25) is 4.79 Å². The summed E-state index contributed by atoms with van der Waals surface area (Å²) in [6, 6.07) is 12.7. The van der Waals surface area contributed by atoms with E-state index < -0.39 is 12.4 Å². The summed E-state index contributed by atoms with van der Waals surface area (Å²) in [6.07, 6.45) is -4.42. The number of alkyl halides is 2. The van der Waals surface area contributed by atoms with Crippen LogP contribution >= 0.6 is 11.6 Å². The van der Waals surface area contributed by atoms with Gasteiger partial charge in [-0.1, -0.05) is 11.6 Å². The van der Waals surface area contributed by atoms with Crippen LogP contribution in [0.3, 0.4) is 0 Å². The number of aryl methyl sites for hydroxylation is 1. The van der Waals surface area contributed by atoms with E-state index in [1.54, 1.807) is 19.9 Å². The van der Waals surface area contributed by atoms with Crippen LogP contribution in [-0.2, 0) is 0 Å². The first-order chi connectivity index (χ1) is 17.1. The van der Waals surface area contributed by atoms with E-state index in [4.69, 9.17) is 20.8 Å². The molecule has 5 rings (SSSR count). The Morgan fingerprint density at radius 2 is 1.86 bits per heavy atom. The lowest BCUT2D eigenvalue weighted by Gasteiger charge is -2.18. The van der Waals surface area contributed by atoms with Crippen LogP contribution in [0.1, 0.15) is 35.4 Å². The predicted octanol–water partition coefficient (Wildman–Crippen LogP) is 6.46.